The lowest BCUT2D eigenvalue weighted by Crippen LogP contribution is -1.79. The molecule has 0 amide bonds. The highest BCUT2D eigenvalue weighted by molar-refractivity contribution is 7.85. The Balaban J connectivity index is 4.44. The largest absolute Gasteiger partial charge is 0.428 e. The van der Waals surface area contributed by atoms with E-state index in [4.69, 9.17) is 13.2 Å². The summed E-state index contributed by atoms with van der Waals surface area (Å²) >= 11 is 0. The van der Waals surface area contributed by atoms with Gasteiger partial charge in [-0.25, -0.2) is 4.79 Å². The molecule has 0 aromatic rings. The number of carbonyl (C=O) groups excluding carboxylic acids is 1. The van der Waals surface area contributed by atoms with E-state index in [1.165, 1.54) is 0 Å². The van der Waals surface area contributed by atoms with E-state index in [0.717, 1.165) is 0 Å². The molecule has 0 saturated carbocycles. The molecule has 0 fully saturated rings. The van der Waals surface area contributed by atoms with Gasteiger partial charge in [-0.1, -0.05) is 3.89 Å². The third-order valence-electron chi connectivity index (χ3n) is 0.146. The van der Waals surface area contributed by atoms with E-state index < -0.39 is 10.4 Å². The van der Waals surface area contributed by atoms with Crippen molar-refractivity contribution in [2.45, 2.75) is 0 Å². The molecule has 0 N–H and O–H groups in total. The summed E-state index contributed by atoms with van der Waals surface area (Å²) < 4.78 is 31.0. The first-order valence-electron chi connectivity index (χ1n) is 1.10. The van der Waals surface area contributed by atoms with Crippen molar-refractivity contribution in [2.24, 2.45) is 4.40 Å². The number of isocyanates is 1. The Morgan fingerprint density at radius 2 is 2.00 bits per heavy atom. The van der Waals surface area contributed by atoms with Gasteiger partial charge in [-0.3, -0.25) is 0 Å². The second-order valence-corrected chi connectivity index (χ2v) is 1.60. The molecule has 0 rings (SSSR count). The van der Waals surface area contributed by atoms with Crippen LogP contribution in [0.5, 0.6) is 0 Å². The Hall–Kier alpha value is -0.740. The Bertz CT molecular complexity index is 187. The Labute approximate surface area is 39.0 Å². The number of nitrogens with zero attached hydrogens (tertiary/aromatic N) is 1. The predicted octanol–water partition coefficient (Wildman–Crippen LogP) is -0.463. The van der Waals surface area contributed by atoms with Crippen molar-refractivity contribution in [1.82, 2.24) is 0 Å². The molecule has 0 aliphatic rings. The molecule has 0 aromatic carbocycles. The van der Waals surface area contributed by atoms with Gasteiger partial charge in [0.05, 0.1) is 0 Å². The van der Waals surface area contributed by atoms with E-state index in [0.29, 0.717) is 6.08 Å². The molecule has 7 heavy (non-hydrogen) atoms. The van der Waals surface area contributed by atoms with E-state index in [9.17, 15) is 3.89 Å². The fourth-order valence-electron chi connectivity index (χ4n) is 0.0445. The van der Waals surface area contributed by atoms with Crippen LogP contribution in [0, 0.1) is 0 Å². The Morgan fingerprint density at radius 3 is 2.00 bits per heavy atom. The van der Waals surface area contributed by atoms with Crippen molar-refractivity contribution in [3.8, 4) is 0 Å². The van der Waals surface area contributed by atoms with Gasteiger partial charge in [0.25, 0.3) is 6.08 Å². The minimum Gasteiger partial charge on any atom is -0.210 e. The highest BCUT2D eigenvalue weighted by Gasteiger charge is 1.98. The molecule has 0 aliphatic carbocycles. The summed E-state index contributed by atoms with van der Waals surface area (Å²) in [5, 5.41) is 0. The van der Waals surface area contributed by atoms with Crippen molar-refractivity contribution >= 4 is 16.5 Å². The second-order valence-electron chi connectivity index (χ2n) is 0.595. The van der Waals surface area contributed by atoms with Crippen molar-refractivity contribution in [3.63, 3.8) is 0 Å². The standard InChI is InChI=1S/CFNO3S/c2-7(5,6)3-1-4. The van der Waals surface area contributed by atoms with Crippen molar-refractivity contribution in [3.05, 3.63) is 0 Å². The summed E-state index contributed by atoms with van der Waals surface area (Å²) in [4.78, 5) is 8.91. The molecule has 0 heterocycles. The van der Waals surface area contributed by atoms with Crippen LogP contribution in [-0.4, -0.2) is 14.5 Å². The predicted molar refractivity (Wildman–Crippen MR) is 18.1 cm³/mol. The smallest absolute Gasteiger partial charge is 0.210 e. The third-order valence-corrected chi connectivity index (χ3v) is 0.439. The quantitative estimate of drug-likeness (QED) is 0.270. The number of halogens is 1. The molecule has 0 bridgehead atoms. The van der Waals surface area contributed by atoms with Gasteiger partial charge < -0.3 is 0 Å². The number of rotatable bonds is 1. The molecule has 0 spiro atoms. The lowest BCUT2D eigenvalue weighted by atomic mass is 11.7. The van der Waals surface area contributed by atoms with Crippen LogP contribution in [0.1, 0.15) is 0 Å². The zero-order valence-electron chi connectivity index (χ0n) is 2.96. The SMILES string of the molecule is O=C=NS(=O)(=O)F. The normalized spacial score (nSPS) is 9.86. The molecule has 0 radical (unpaired) electrons. The van der Waals surface area contributed by atoms with Crippen LogP contribution < -0.4 is 0 Å². The summed E-state index contributed by atoms with van der Waals surface area (Å²) in [7, 11) is -4.97. The van der Waals surface area contributed by atoms with Crippen molar-refractivity contribution in [2.75, 3.05) is 0 Å². The Kier molecular flexibility index (Phi) is 1.62. The molecular weight excluding hydrogens is 125 g/mol. The van der Waals surface area contributed by atoms with Gasteiger partial charge in [0.1, 0.15) is 0 Å². The maximum atomic E-state index is 10.9. The molecule has 0 atom stereocenters. The van der Waals surface area contributed by atoms with Gasteiger partial charge in [-0.15, -0.1) is 0 Å². The fourth-order valence-corrected chi connectivity index (χ4v) is 0.134. The lowest BCUT2D eigenvalue weighted by Gasteiger charge is -1.66. The van der Waals surface area contributed by atoms with Crippen LogP contribution in [0.2, 0.25) is 0 Å². The van der Waals surface area contributed by atoms with Crippen LogP contribution in [0.4, 0.5) is 3.89 Å². The maximum absolute atomic E-state index is 10.9. The first-order valence-corrected chi connectivity index (χ1v) is 2.44. The summed E-state index contributed by atoms with van der Waals surface area (Å²) in [5.41, 5.74) is 0. The van der Waals surface area contributed by atoms with Crippen molar-refractivity contribution < 1.29 is 17.1 Å². The minimum atomic E-state index is -4.97. The van der Waals surface area contributed by atoms with E-state index in [1.807, 2.05) is 0 Å². The molecule has 4 nitrogen and oxygen atoms in total. The molecular formula is CFNO3S. The molecule has 40 valence electrons. The maximum Gasteiger partial charge on any atom is 0.428 e. The van der Waals surface area contributed by atoms with Crippen LogP contribution in [0.15, 0.2) is 4.40 Å². The van der Waals surface area contributed by atoms with Crippen LogP contribution in [-0.2, 0) is 15.2 Å². The lowest BCUT2D eigenvalue weighted by molar-refractivity contribution is 0.548. The van der Waals surface area contributed by atoms with Gasteiger partial charge in [-0.2, -0.15) is 8.42 Å². The van der Waals surface area contributed by atoms with Gasteiger partial charge in [0.2, 0.25) is 0 Å². The zero-order valence-corrected chi connectivity index (χ0v) is 3.77. The molecule has 0 aromatic heterocycles. The van der Waals surface area contributed by atoms with Crippen molar-refractivity contribution in [1.29, 1.82) is 0 Å². The average Bonchev–Trinajstić information content (AvgIpc) is 1.30. The van der Waals surface area contributed by atoms with Crippen LogP contribution in [0.25, 0.3) is 0 Å². The summed E-state index contributed by atoms with van der Waals surface area (Å²) in [6.07, 6.45) is 0.520. The van der Waals surface area contributed by atoms with Gasteiger partial charge in [-0.05, 0) is 4.40 Å². The second kappa shape index (κ2) is 1.81. The summed E-state index contributed by atoms with van der Waals surface area (Å²) in [5.74, 6) is 0. The highest BCUT2D eigenvalue weighted by atomic mass is 32.3. The molecule has 0 saturated heterocycles. The van der Waals surface area contributed by atoms with E-state index in [2.05, 4.69) is 0 Å². The Morgan fingerprint density at radius 1 is 1.57 bits per heavy atom. The molecule has 6 heteroatoms. The van der Waals surface area contributed by atoms with Crippen LogP contribution >= 0.6 is 0 Å². The van der Waals surface area contributed by atoms with Crippen LogP contribution in [0.3, 0.4) is 0 Å². The zero-order chi connectivity index (χ0) is 5.91. The summed E-state index contributed by atoms with van der Waals surface area (Å²) in [6.45, 7) is 0. The monoisotopic (exact) mass is 125 g/mol. The highest BCUT2D eigenvalue weighted by Crippen LogP contribution is 1.86. The topological polar surface area (TPSA) is 63.6 Å². The van der Waals surface area contributed by atoms with Gasteiger partial charge in [0.15, 0.2) is 0 Å². The van der Waals surface area contributed by atoms with E-state index in [1.54, 1.807) is 4.40 Å². The van der Waals surface area contributed by atoms with Gasteiger partial charge in [0, 0.05) is 0 Å². The van der Waals surface area contributed by atoms with E-state index >= 15 is 0 Å². The minimum absolute atomic E-state index is 0.520. The average molecular weight is 125 g/mol. The third kappa shape index (κ3) is 5.26. The first-order chi connectivity index (χ1) is 3.06. The molecule has 0 unspecified atom stereocenters. The first kappa shape index (κ1) is 6.26. The van der Waals surface area contributed by atoms with E-state index in [-0.39, 0.29) is 0 Å². The number of hydrogen-bond acceptors (Lipinski definition) is 3. The van der Waals surface area contributed by atoms with Gasteiger partial charge >= 0.3 is 10.4 Å². The number of hydrogen-bond donors (Lipinski definition) is 0. The summed E-state index contributed by atoms with van der Waals surface area (Å²) in [6, 6.07) is 0. The molecule has 0 aliphatic heterocycles. The fraction of sp³-hybridized carbons (Fsp3) is 0.